The zero-order valence-corrected chi connectivity index (χ0v) is 12.7. The highest BCUT2D eigenvalue weighted by Crippen LogP contribution is 2.33. The summed E-state index contributed by atoms with van der Waals surface area (Å²) in [6, 6.07) is 4.29. The first-order valence-electron chi connectivity index (χ1n) is 7.78. The number of furan rings is 1. The molecular weight excluding hydrogens is 280 g/mol. The molecule has 0 aromatic carbocycles. The van der Waals surface area contributed by atoms with Crippen molar-refractivity contribution in [2.24, 2.45) is 7.05 Å². The summed E-state index contributed by atoms with van der Waals surface area (Å²) in [5, 5.41) is 4.23. The number of aromatic nitrogens is 2. The second-order valence-corrected chi connectivity index (χ2v) is 6.18. The van der Waals surface area contributed by atoms with E-state index in [4.69, 9.17) is 4.42 Å². The molecule has 4 heterocycles. The van der Waals surface area contributed by atoms with Crippen LogP contribution in [-0.4, -0.2) is 50.7 Å². The molecule has 6 heteroatoms. The van der Waals surface area contributed by atoms with Crippen LogP contribution in [0.4, 0.5) is 0 Å². The van der Waals surface area contributed by atoms with Gasteiger partial charge in [0.1, 0.15) is 0 Å². The summed E-state index contributed by atoms with van der Waals surface area (Å²) in [4.78, 5) is 17.0. The first-order valence-corrected chi connectivity index (χ1v) is 7.78. The van der Waals surface area contributed by atoms with Crippen molar-refractivity contribution in [2.75, 3.05) is 13.1 Å². The Morgan fingerprint density at radius 3 is 2.95 bits per heavy atom. The second-order valence-electron chi connectivity index (χ2n) is 6.18. The number of hydrogen-bond donors (Lipinski definition) is 0. The zero-order valence-electron chi connectivity index (χ0n) is 12.7. The number of hydrogen-bond acceptors (Lipinski definition) is 4. The molecule has 2 atom stereocenters. The van der Waals surface area contributed by atoms with Crippen LogP contribution in [0.3, 0.4) is 0 Å². The molecule has 0 N–H and O–H groups in total. The summed E-state index contributed by atoms with van der Waals surface area (Å²) in [6.45, 7) is 2.77. The molecule has 4 rings (SSSR count). The predicted molar refractivity (Wildman–Crippen MR) is 80.2 cm³/mol. The maximum Gasteiger partial charge on any atom is 0.289 e. The zero-order chi connectivity index (χ0) is 15.1. The van der Waals surface area contributed by atoms with Crippen LogP contribution in [-0.2, 0) is 13.6 Å². The highest BCUT2D eigenvalue weighted by molar-refractivity contribution is 5.92. The molecule has 0 aliphatic carbocycles. The number of fused-ring (bicyclic) bond motifs is 1. The van der Waals surface area contributed by atoms with Gasteiger partial charge in [-0.3, -0.25) is 14.4 Å². The van der Waals surface area contributed by atoms with Crippen molar-refractivity contribution in [3.63, 3.8) is 0 Å². The quantitative estimate of drug-likeness (QED) is 0.862. The van der Waals surface area contributed by atoms with Crippen LogP contribution in [0.2, 0.25) is 0 Å². The molecule has 22 heavy (non-hydrogen) atoms. The van der Waals surface area contributed by atoms with Gasteiger partial charge in [0.05, 0.1) is 12.5 Å². The Morgan fingerprint density at radius 2 is 2.23 bits per heavy atom. The van der Waals surface area contributed by atoms with Gasteiger partial charge in [0.25, 0.3) is 5.91 Å². The molecule has 2 aromatic rings. The monoisotopic (exact) mass is 300 g/mol. The summed E-state index contributed by atoms with van der Waals surface area (Å²) >= 11 is 0. The Bertz CT molecular complexity index is 664. The Hall–Kier alpha value is -2.08. The number of carbonyl (C=O) groups is 1. The van der Waals surface area contributed by atoms with E-state index in [2.05, 4.69) is 16.2 Å². The minimum absolute atomic E-state index is 0.0285. The maximum absolute atomic E-state index is 12.5. The molecule has 0 radical (unpaired) electrons. The number of nitrogens with zero attached hydrogens (tertiary/aromatic N) is 4. The minimum Gasteiger partial charge on any atom is -0.459 e. The van der Waals surface area contributed by atoms with Gasteiger partial charge < -0.3 is 9.32 Å². The van der Waals surface area contributed by atoms with Gasteiger partial charge in [0.15, 0.2) is 5.76 Å². The SMILES string of the molecule is Cn1cc(CN2CC[C@@H]3[C@@H]2CCN3C(=O)c2ccco2)cn1. The standard InChI is InChI=1S/C16H20N4O2/c1-18-10-12(9-17-18)11-19-6-4-14-13(19)5-7-20(14)16(21)15-3-2-8-22-15/h2-3,8-10,13-14H,4-7,11H2,1H3/t13-,14+/m0/s1. The highest BCUT2D eigenvalue weighted by atomic mass is 16.3. The lowest BCUT2D eigenvalue weighted by molar-refractivity contribution is 0.0699. The lowest BCUT2D eigenvalue weighted by Gasteiger charge is -2.24. The van der Waals surface area contributed by atoms with Gasteiger partial charge in [0.2, 0.25) is 0 Å². The molecule has 6 nitrogen and oxygen atoms in total. The molecule has 2 aliphatic rings. The summed E-state index contributed by atoms with van der Waals surface area (Å²) in [6.07, 6.45) is 7.63. The molecule has 2 aromatic heterocycles. The van der Waals surface area contributed by atoms with Crippen molar-refractivity contribution < 1.29 is 9.21 Å². The maximum atomic E-state index is 12.5. The van der Waals surface area contributed by atoms with Gasteiger partial charge in [-0.25, -0.2) is 0 Å². The lowest BCUT2D eigenvalue weighted by Crippen LogP contribution is -2.39. The van der Waals surface area contributed by atoms with E-state index in [9.17, 15) is 4.79 Å². The largest absolute Gasteiger partial charge is 0.459 e. The molecule has 0 bridgehead atoms. The van der Waals surface area contributed by atoms with E-state index < -0.39 is 0 Å². The van der Waals surface area contributed by atoms with Crippen molar-refractivity contribution in [3.8, 4) is 0 Å². The molecule has 116 valence electrons. The molecule has 0 saturated carbocycles. The number of likely N-dealkylation sites (tertiary alicyclic amines) is 2. The first kappa shape index (κ1) is 13.6. The van der Waals surface area contributed by atoms with E-state index in [1.54, 1.807) is 18.4 Å². The summed E-state index contributed by atoms with van der Waals surface area (Å²) in [5.41, 5.74) is 1.24. The Labute approximate surface area is 129 Å². The third-order valence-corrected chi connectivity index (χ3v) is 4.83. The van der Waals surface area contributed by atoms with E-state index in [0.717, 1.165) is 32.5 Å². The van der Waals surface area contributed by atoms with Crippen molar-refractivity contribution in [2.45, 2.75) is 31.5 Å². The molecule has 1 amide bonds. The Morgan fingerprint density at radius 1 is 1.36 bits per heavy atom. The third kappa shape index (κ3) is 2.23. The average Bonchev–Trinajstić information content (AvgIpc) is 3.24. The summed E-state index contributed by atoms with van der Waals surface area (Å²) in [5.74, 6) is 0.479. The second kappa shape index (κ2) is 5.28. The van der Waals surface area contributed by atoms with Gasteiger partial charge in [-0.05, 0) is 25.0 Å². The molecule has 2 saturated heterocycles. The number of carbonyl (C=O) groups excluding carboxylic acids is 1. The Balaban J connectivity index is 1.46. The van der Waals surface area contributed by atoms with Crippen molar-refractivity contribution in [1.82, 2.24) is 19.6 Å². The van der Waals surface area contributed by atoms with Crippen molar-refractivity contribution in [1.29, 1.82) is 0 Å². The van der Waals surface area contributed by atoms with Gasteiger partial charge >= 0.3 is 0 Å². The van der Waals surface area contributed by atoms with Crippen LogP contribution < -0.4 is 0 Å². The van der Waals surface area contributed by atoms with Crippen LogP contribution in [0.5, 0.6) is 0 Å². The first-order chi connectivity index (χ1) is 10.7. The highest BCUT2D eigenvalue weighted by Gasteiger charge is 2.44. The molecule has 2 fully saturated rings. The van der Waals surface area contributed by atoms with Gasteiger partial charge in [-0.2, -0.15) is 5.10 Å². The number of rotatable bonds is 3. The van der Waals surface area contributed by atoms with Crippen LogP contribution in [0.1, 0.15) is 29.0 Å². The fourth-order valence-corrected chi connectivity index (χ4v) is 3.85. The van der Waals surface area contributed by atoms with Crippen LogP contribution in [0.15, 0.2) is 35.2 Å². The lowest BCUT2D eigenvalue weighted by atomic mass is 10.1. The average molecular weight is 300 g/mol. The van der Waals surface area contributed by atoms with Crippen molar-refractivity contribution >= 4 is 5.91 Å². The third-order valence-electron chi connectivity index (χ3n) is 4.83. The molecular formula is C16H20N4O2. The topological polar surface area (TPSA) is 54.5 Å². The predicted octanol–water partition coefficient (Wildman–Crippen LogP) is 1.50. The van der Waals surface area contributed by atoms with E-state index >= 15 is 0 Å². The van der Waals surface area contributed by atoms with E-state index in [0.29, 0.717) is 17.8 Å². The van der Waals surface area contributed by atoms with Crippen LogP contribution >= 0.6 is 0 Å². The summed E-state index contributed by atoms with van der Waals surface area (Å²) < 4.78 is 7.10. The van der Waals surface area contributed by atoms with Crippen molar-refractivity contribution in [3.05, 3.63) is 42.1 Å². The van der Waals surface area contributed by atoms with Crippen LogP contribution in [0.25, 0.3) is 0 Å². The normalized spacial score (nSPS) is 24.9. The van der Waals surface area contributed by atoms with Gasteiger partial charge in [-0.1, -0.05) is 0 Å². The van der Waals surface area contributed by atoms with E-state index in [1.807, 2.05) is 22.8 Å². The molecule has 2 aliphatic heterocycles. The smallest absolute Gasteiger partial charge is 0.289 e. The number of amides is 1. The van der Waals surface area contributed by atoms with Crippen LogP contribution in [0, 0.1) is 0 Å². The van der Waals surface area contributed by atoms with E-state index in [1.165, 1.54) is 5.56 Å². The minimum atomic E-state index is 0.0285. The van der Waals surface area contributed by atoms with Gasteiger partial charge in [-0.15, -0.1) is 0 Å². The molecule has 0 unspecified atom stereocenters. The fourth-order valence-electron chi connectivity index (χ4n) is 3.85. The molecule has 0 spiro atoms. The van der Waals surface area contributed by atoms with E-state index in [-0.39, 0.29) is 5.91 Å². The number of aryl methyl sites for hydroxylation is 1. The fraction of sp³-hybridized carbons (Fsp3) is 0.500. The van der Waals surface area contributed by atoms with Gasteiger partial charge in [0, 0.05) is 50.5 Å². The summed E-state index contributed by atoms with van der Waals surface area (Å²) in [7, 11) is 1.94. The Kier molecular flexibility index (Phi) is 3.26.